The molecule has 1 N–H and O–H groups in total. The average Bonchev–Trinajstić information content (AvgIpc) is 2.76. The van der Waals surface area contributed by atoms with Crippen LogP contribution in [0.5, 0.6) is 0 Å². The van der Waals surface area contributed by atoms with Crippen molar-refractivity contribution in [1.82, 2.24) is 20.2 Å². The summed E-state index contributed by atoms with van der Waals surface area (Å²) in [6.45, 7) is 4.81. The first kappa shape index (κ1) is 11.3. The van der Waals surface area contributed by atoms with Gasteiger partial charge in [-0.2, -0.15) is 0 Å². The number of rotatable bonds is 4. The quantitative estimate of drug-likeness (QED) is 0.843. The lowest BCUT2D eigenvalue weighted by Crippen LogP contribution is -2.03. The second-order valence-corrected chi connectivity index (χ2v) is 5.09. The van der Waals surface area contributed by atoms with Crippen LogP contribution < -0.4 is 5.32 Å². The summed E-state index contributed by atoms with van der Waals surface area (Å²) in [7, 11) is 0. The van der Waals surface area contributed by atoms with Gasteiger partial charge in [0.2, 0.25) is 5.95 Å². The van der Waals surface area contributed by atoms with Gasteiger partial charge in [-0.25, -0.2) is 9.97 Å². The van der Waals surface area contributed by atoms with Gasteiger partial charge in [-0.1, -0.05) is 11.3 Å². The van der Waals surface area contributed by atoms with Crippen LogP contribution in [0.4, 0.5) is 5.95 Å². The van der Waals surface area contributed by atoms with E-state index in [1.165, 1.54) is 23.1 Å². The zero-order chi connectivity index (χ0) is 11.4. The van der Waals surface area contributed by atoms with E-state index < -0.39 is 0 Å². The largest absolute Gasteiger partial charge is 0.354 e. The highest BCUT2D eigenvalue weighted by Gasteiger charge is 2.07. The van der Waals surface area contributed by atoms with Crippen LogP contribution in [-0.2, 0) is 0 Å². The summed E-state index contributed by atoms with van der Waals surface area (Å²) < 4.78 is 0.893. The Morgan fingerprint density at radius 1 is 1.50 bits per heavy atom. The van der Waals surface area contributed by atoms with Gasteiger partial charge in [0.1, 0.15) is 10.5 Å². The maximum atomic E-state index is 4.42. The van der Waals surface area contributed by atoms with Crippen molar-refractivity contribution in [2.75, 3.05) is 11.9 Å². The van der Waals surface area contributed by atoms with Crippen LogP contribution in [0.3, 0.4) is 0 Å². The molecule has 2 rings (SSSR count). The zero-order valence-corrected chi connectivity index (χ0v) is 10.6. The van der Waals surface area contributed by atoms with E-state index in [0.29, 0.717) is 5.95 Å². The Kier molecular flexibility index (Phi) is 3.68. The third-order valence-electron chi connectivity index (χ3n) is 1.78. The van der Waals surface area contributed by atoms with Crippen molar-refractivity contribution >= 4 is 29.0 Å². The van der Waals surface area contributed by atoms with Gasteiger partial charge >= 0.3 is 0 Å². The van der Waals surface area contributed by atoms with E-state index in [0.717, 1.165) is 21.5 Å². The summed E-state index contributed by atoms with van der Waals surface area (Å²) in [5, 5.41) is 11.8. The maximum absolute atomic E-state index is 4.42. The molecule has 0 atom stereocenters. The molecule has 0 amide bonds. The van der Waals surface area contributed by atoms with E-state index in [1.807, 2.05) is 20.0 Å². The summed E-state index contributed by atoms with van der Waals surface area (Å²) >= 11 is 3.02. The Hall–Kier alpha value is -1.21. The molecule has 0 saturated heterocycles. The summed E-state index contributed by atoms with van der Waals surface area (Å²) in [6.07, 6.45) is 1.81. The topological polar surface area (TPSA) is 63.6 Å². The van der Waals surface area contributed by atoms with Crippen LogP contribution in [0.15, 0.2) is 21.1 Å². The lowest BCUT2D eigenvalue weighted by atomic mass is 10.4. The highest BCUT2D eigenvalue weighted by atomic mass is 32.2. The summed E-state index contributed by atoms with van der Waals surface area (Å²) in [6, 6.07) is 0. The van der Waals surface area contributed by atoms with Gasteiger partial charge in [0.25, 0.3) is 0 Å². The minimum absolute atomic E-state index is 0.653. The normalized spacial score (nSPS) is 10.4. The van der Waals surface area contributed by atoms with Gasteiger partial charge in [-0.05, 0) is 25.6 Å². The highest BCUT2D eigenvalue weighted by Crippen LogP contribution is 2.29. The number of anilines is 1. The molecule has 0 bridgehead atoms. The van der Waals surface area contributed by atoms with Gasteiger partial charge in [-0.3, -0.25) is 0 Å². The lowest BCUT2D eigenvalue weighted by molar-refractivity contribution is 0.972. The van der Waals surface area contributed by atoms with Gasteiger partial charge < -0.3 is 5.32 Å². The molecule has 2 heterocycles. The predicted octanol–water partition coefficient (Wildman–Crippen LogP) is 2.22. The van der Waals surface area contributed by atoms with Crippen LogP contribution in [0.2, 0.25) is 0 Å². The van der Waals surface area contributed by atoms with Gasteiger partial charge in [0.15, 0.2) is 4.34 Å². The summed E-state index contributed by atoms with van der Waals surface area (Å²) in [4.78, 5) is 8.61. The maximum Gasteiger partial charge on any atom is 0.223 e. The first-order valence-electron chi connectivity index (χ1n) is 4.81. The molecule has 5 nitrogen and oxygen atoms in total. The Labute approximate surface area is 102 Å². The minimum Gasteiger partial charge on any atom is -0.354 e. The molecule has 2 aromatic rings. The van der Waals surface area contributed by atoms with Crippen molar-refractivity contribution in [3.63, 3.8) is 0 Å². The molecule has 0 aromatic carbocycles. The second kappa shape index (κ2) is 5.22. The van der Waals surface area contributed by atoms with E-state index in [-0.39, 0.29) is 0 Å². The number of aryl methyl sites for hydroxylation is 1. The lowest BCUT2D eigenvalue weighted by Gasteiger charge is -2.05. The number of hydrogen-bond acceptors (Lipinski definition) is 7. The number of nitrogens with zero attached hydrogens (tertiary/aromatic N) is 4. The average molecular weight is 253 g/mol. The van der Waals surface area contributed by atoms with E-state index in [2.05, 4.69) is 25.5 Å². The highest BCUT2D eigenvalue weighted by molar-refractivity contribution is 8.01. The molecule has 2 aromatic heterocycles. The van der Waals surface area contributed by atoms with Crippen molar-refractivity contribution in [2.45, 2.75) is 23.2 Å². The summed E-state index contributed by atoms with van der Waals surface area (Å²) in [5.41, 5.74) is 2.76. The molecule has 0 unspecified atom stereocenters. The van der Waals surface area contributed by atoms with Crippen LogP contribution in [0.1, 0.15) is 12.5 Å². The Balaban J connectivity index is 2.21. The third kappa shape index (κ3) is 2.67. The molecule has 0 aliphatic rings. The molecular formula is C9H11N5S2. The van der Waals surface area contributed by atoms with Crippen molar-refractivity contribution in [1.29, 1.82) is 0 Å². The number of hydrogen-bond donors (Lipinski definition) is 1. The summed E-state index contributed by atoms with van der Waals surface area (Å²) in [5.74, 6) is 0.653. The fraction of sp³-hybridized carbons (Fsp3) is 0.333. The second-order valence-electron chi connectivity index (χ2n) is 3.02. The molecular weight excluding hydrogens is 242 g/mol. The smallest absolute Gasteiger partial charge is 0.223 e. The Bertz CT molecular complexity index is 457. The molecule has 7 heteroatoms. The van der Waals surface area contributed by atoms with Crippen molar-refractivity contribution in [3.8, 4) is 0 Å². The first-order valence-corrected chi connectivity index (χ1v) is 6.50. The monoisotopic (exact) mass is 253 g/mol. The molecule has 84 valence electrons. The number of nitrogens with one attached hydrogen (secondary N) is 1. The van der Waals surface area contributed by atoms with E-state index >= 15 is 0 Å². The molecule has 0 saturated carbocycles. The van der Waals surface area contributed by atoms with Gasteiger partial charge in [0, 0.05) is 18.3 Å². The van der Waals surface area contributed by atoms with E-state index in [1.54, 1.807) is 5.51 Å². The van der Waals surface area contributed by atoms with Gasteiger partial charge in [-0.15, -0.1) is 10.2 Å². The molecule has 0 fully saturated rings. The Morgan fingerprint density at radius 2 is 2.38 bits per heavy atom. The third-order valence-corrected chi connectivity index (χ3v) is 3.67. The fourth-order valence-electron chi connectivity index (χ4n) is 1.06. The predicted molar refractivity (Wildman–Crippen MR) is 65.0 cm³/mol. The zero-order valence-electron chi connectivity index (χ0n) is 8.97. The van der Waals surface area contributed by atoms with E-state index in [4.69, 9.17) is 0 Å². The molecule has 0 radical (unpaired) electrons. The Morgan fingerprint density at radius 3 is 3.06 bits per heavy atom. The molecule has 0 spiro atoms. The molecule has 16 heavy (non-hydrogen) atoms. The van der Waals surface area contributed by atoms with Crippen LogP contribution in [-0.4, -0.2) is 26.7 Å². The van der Waals surface area contributed by atoms with Crippen LogP contribution in [0.25, 0.3) is 0 Å². The standard InChI is InChI=1S/C9H11N5S2/c1-3-10-8-11-4-6(2)7(13-8)16-9-14-12-5-15-9/h4-5H,3H2,1-2H3,(H,10,11,13). The van der Waals surface area contributed by atoms with Crippen LogP contribution in [0, 0.1) is 6.92 Å². The first-order chi connectivity index (χ1) is 7.79. The van der Waals surface area contributed by atoms with Crippen LogP contribution >= 0.6 is 23.1 Å². The molecule has 0 aliphatic heterocycles. The van der Waals surface area contributed by atoms with Crippen molar-refractivity contribution < 1.29 is 0 Å². The minimum atomic E-state index is 0.653. The van der Waals surface area contributed by atoms with Crippen molar-refractivity contribution in [3.05, 3.63) is 17.3 Å². The number of aromatic nitrogens is 4. The van der Waals surface area contributed by atoms with E-state index in [9.17, 15) is 0 Å². The fourth-order valence-corrected chi connectivity index (χ4v) is 2.50. The SMILES string of the molecule is CCNc1ncc(C)c(Sc2nncs2)n1. The molecule has 0 aliphatic carbocycles. The van der Waals surface area contributed by atoms with Crippen molar-refractivity contribution in [2.24, 2.45) is 0 Å². The van der Waals surface area contributed by atoms with Gasteiger partial charge in [0.05, 0.1) is 0 Å².